The van der Waals surface area contributed by atoms with E-state index < -0.39 is 0 Å². The molecular formula is C21H25N3O3. The normalized spacial score (nSPS) is 14.0. The highest BCUT2D eigenvalue weighted by atomic mass is 16.5. The van der Waals surface area contributed by atoms with Crippen LogP contribution in [0.3, 0.4) is 0 Å². The summed E-state index contributed by atoms with van der Waals surface area (Å²) in [5.41, 5.74) is 2.68. The Balaban J connectivity index is 1.63. The molecule has 3 rings (SSSR count). The van der Waals surface area contributed by atoms with Crippen molar-refractivity contribution in [2.24, 2.45) is 0 Å². The van der Waals surface area contributed by atoms with Crippen LogP contribution in [0.4, 0.5) is 16.2 Å². The van der Waals surface area contributed by atoms with Crippen molar-refractivity contribution in [1.82, 2.24) is 4.90 Å². The maximum atomic E-state index is 12.7. The first kappa shape index (κ1) is 18.8. The number of para-hydroxylation sites is 1. The molecule has 1 saturated heterocycles. The number of carbonyl (C=O) groups excluding carboxylic acids is 2. The van der Waals surface area contributed by atoms with Crippen molar-refractivity contribution in [1.29, 1.82) is 0 Å². The zero-order chi connectivity index (χ0) is 19.4. The number of rotatable bonds is 6. The zero-order valence-corrected chi connectivity index (χ0v) is 15.9. The van der Waals surface area contributed by atoms with E-state index in [1.165, 1.54) is 0 Å². The van der Waals surface area contributed by atoms with E-state index in [2.05, 4.69) is 19.2 Å². The molecule has 0 bridgehead atoms. The number of nitrogens with zero attached hydrogens (tertiary/aromatic N) is 2. The number of ether oxygens (including phenoxy) is 1. The predicted molar refractivity (Wildman–Crippen MR) is 106 cm³/mol. The number of hydrogen-bond donors (Lipinski definition) is 1. The molecular weight excluding hydrogens is 342 g/mol. The highest BCUT2D eigenvalue weighted by Crippen LogP contribution is 2.25. The highest BCUT2D eigenvalue weighted by molar-refractivity contribution is 5.99. The van der Waals surface area contributed by atoms with Gasteiger partial charge in [0.25, 0.3) is 0 Å². The third kappa shape index (κ3) is 4.22. The monoisotopic (exact) mass is 367 g/mol. The molecule has 1 aliphatic rings. The molecule has 2 aromatic rings. The molecule has 0 saturated carbocycles. The molecule has 0 aromatic heterocycles. The molecule has 6 nitrogen and oxygen atoms in total. The zero-order valence-electron chi connectivity index (χ0n) is 15.9. The fourth-order valence-electron chi connectivity index (χ4n) is 3.21. The highest BCUT2D eigenvalue weighted by Gasteiger charge is 2.30. The van der Waals surface area contributed by atoms with Crippen LogP contribution in [0.15, 0.2) is 48.5 Å². The first-order valence-electron chi connectivity index (χ1n) is 9.09. The number of methoxy groups -OCH3 is 1. The van der Waals surface area contributed by atoms with Gasteiger partial charge in [-0.2, -0.15) is 0 Å². The number of carbonyl (C=O) groups is 2. The molecule has 0 aliphatic carbocycles. The lowest BCUT2D eigenvalue weighted by Crippen LogP contribution is -2.37. The van der Waals surface area contributed by atoms with E-state index in [1.54, 1.807) is 16.9 Å². The Hall–Kier alpha value is -3.02. The van der Waals surface area contributed by atoms with Gasteiger partial charge in [0.15, 0.2) is 0 Å². The molecule has 1 fully saturated rings. The van der Waals surface area contributed by atoms with Crippen LogP contribution in [-0.4, -0.2) is 43.6 Å². The molecule has 0 radical (unpaired) electrons. The molecule has 1 heterocycles. The second kappa shape index (κ2) is 8.12. The Morgan fingerprint density at radius 2 is 1.81 bits per heavy atom. The van der Waals surface area contributed by atoms with Gasteiger partial charge in [0.2, 0.25) is 5.91 Å². The molecule has 1 N–H and O–H groups in total. The van der Waals surface area contributed by atoms with Crippen LogP contribution in [0.2, 0.25) is 0 Å². The largest absolute Gasteiger partial charge is 0.497 e. The van der Waals surface area contributed by atoms with E-state index in [1.807, 2.05) is 48.5 Å². The van der Waals surface area contributed by atoms with Crippen molar-refractivity contribution in [3.8, 4) is 5.75 Å². The van der Waals surface area contributed by atoms with Crippen LogP contribution in [0, 0.1) is 0 Å². The van der Waals surface area contributed by atoms with Gasteiger partial charge in [-0.1, -0.05) is 32.0 Å². The van der Waals surface area contributed by atoms with Gasteiger partial charge in [-0.15, -0.1) is 0 Å². The topological polar surface area (TPSA) is 61.9 Å². The quantitative estimate of drug-likeness (QED) is 0.847. The van der Waals surface area contributed by atoms with E-state index in [9.17, 15) is 9.59 Å². The Labute approximate surface area is 159 Å². The van der Waals surface area contributed by atoms with Crippen LogP contribution in [0.5, 0.6) is 5.75 Å². The van der Waals surface area contributed by atoms with Crippen LogP contribution in [-0.2, 0) is 4.79 Å². The van der Waals surface area contributed by atoms with Crippen molar-refractivity contribution in [3.63, 3.8) is 0 Å². The first-order chi connectivity index (χ1) is 13.0. The van der Waals surface area contributed by atoms with Gasteiger partial charge in [-0.25, -0.2) is 4.79 Å². The Morgan fingerprint density at radius 3 is 2.48 bits per heavy atom. The SMILES string of the molecule is COc1ccc(N2CCN(CC(=O)Nc3ccccc3C(C)C)C2=O)cc1. The number of nitrogens with one attached hydrogen (secondary N) is 1. The summed E-state index contributed by atoms with van der Waals surface area (Å²) in [7, 11) is 1.60. The van der Waals surface area contributed by atoms with Gasteiger partial charge in [-0.3, -0.25) is 9.69 Å². The average molecular weight is 367 g/mol. The summed E-state index contributed by atoms with van der Waals surface area (Å²) in [5, 5.41) is 2.94. The maximum Gasteiger partial charge on any atom is 0.325 e. The lowest BCUT2D eigenvalue weighted by atomic mass is 10.0. The minimum Gasteiger partial charge on any atom is -0.497 e. The van der Waals surface area contributed by atoms with Crippen molar-refractivity contribution >= 4 is 23.3 Å². The lowest BCUT2D eigenvalue weighted by Gasteiger charge is -2.19. The van der Waals surface area contributed by atoms with Crippen LogP contribution < -0.4 is 15.0 Å². The number of anilines is 2. The number of benzene rings is 2. The molecule has 2 aromatic carbocycles. The Kier molecular flexibility index (Phi) is 5.64. The van der Waals surface area contributed by atoms with Gasteiger partial charge in [0.05, 0.1) is 7.11 Å². The molecule has 27 heavy (non-hydrogen) atoms. The van der Waals surface area contributed by atoms with E-state index in [-0.39, 0.29) is 18.5 Å². The second-order valence-corrected chi connectivity index (χ2v) is 6.84. The average Bonchev–Trinajstić information content (AvgIpc) is 3.02. The van der Waals surface area contributed by atoms with Crippen molar-refractivity contribution in [2.45, 2.75) is 19.8 Å². The Morgan fingerprint density at radius 1 is 1.11 bits per heavy atom. The summed E-state index contributed by atoms with van der Waals surface area (Å²) in [4.78, 5) is 28.4. The maximum absolute atomic E-state index is 12.7. The Bertz CT molecular complexity index is 818. The summed E-state index contributed by atoms with van der Waals surface area (Å²) in [6.07, 6.45) is 0. The number of hydrogen-bond acceptors (Lipinski definition) is 3. The van der Waals surface area contributed by atoms with Crippen LogP contribution in [0.25, 0.3) is 0 Å². The van der Waals surface area contributed by atoms with E-state index >= 15 is 0 Å². The van der Waals surface area contributed by atoms with Crippen LogP contribution in [0.1, 0.15) is 25.3 Å². The van der Waals surface area contributed by atoms with E-state index in [0.29, 0.717) is 19.0 Å². The third-order valence-corrected chi connectivity index (χ3v) is 4.67. The van der Waals surface area contributed by atoms with Crippen molar-refractivity contribution in [3.05, 3.63) is 54.1 Å². The molecule has 3 amide bonds. The minimum atomic E-state index is -0.187. The minimum absolute atomic E-state index is 0.0396. The molecule has 142 valence electrons. The second-order valence-electron chi connectivity index (χ2n) is 6.84. The third-order valence-electron chi connectivity index (χ3n) is 4.67. The first-order valence-corrected chi connectivity index (χ1v) is 9.09. The number of amides is 3. The smallest absolute Gasteiger partial charge is 0.325 e. The fourth-order valence-corrected chi connectivity index (χ4v) is 3.21. The van der Waals surface area contributed by atoms with Gasteiger partial charge in [-0.05, 0) is 41.8 Å². The standard InChI is InChI=1S/C21H25N3O3/c1-15(2)18-6-4-5-7-19(18)22-20(25)14-23-12-13-24(21(23)26)16-8-10-17(27-3)11-9-16/h4-11,15H,12-14H2,1-3H3,(H,22,25). The summed E-state index contributed by atoms with van der Waals surface area (Å²) < 4.78 is 5.15. The summed E-state index contributed by atoms with van der Waals surface area (Å²) in [6, 6.07) is 14.9. The van der Waals surface area contributed by atoms with Crippen molar-refractivity contribution < 1.29 is 14.3 Å². The molecule has 0 spiro atoms. The molecule has 0 atom stereocenters. The van der Waals surface area contributed by atoms with Gasteiger partial charge in [0, 0.05) is 24.5 Å². The molecule has 1 aliphatic heterocycles. The fraction of sp³-hybridized carbons (Fsp3) is 0.333. The van der Waals surface area contributed by atoms with Crippen molar-refractivity contribution in [2.75, 3.05) is 37.0 Å². The summed E-state index contributed by atoms with van der Waals surface area (Å²) in [5.74, 6) is 0.860. The van der Waals surface area contributed by atoms with E-state index in [4.69, 9.17) is 4.74 Å². The van der Waals surface area contributed by atoms with Gasteiger partial charge in [0.1, 0.15) is 12.3 Å². The van der Waals surface area contributed by atoms with Gasteiger partial charge < -0.3 is 15.0 Å². The van der Waals surface area contributed by atoms with Gasteiger partial charge >= 0.3 is 6.03 Å². The molecule has 6 heteroatoms. The van der Waals surface area contributed by atoms with Crippen LogP contribution >= 0.6 is 0 Å². The van der Waals surface area contributed by atoms with E-state index in [0.717, 1.165) is 22.7 Å². The summed E-state index contributed by atoms with van der Waals surface area (Å²) in [6.45, 7) is 5.28. The number of urea groups is 1. The lowest BCUT2D eigenvalue weighted by molar-refractivity contribution is -0.116. The molecule has 0 unspecified atom stereocenters. The predicted octanol–water partition coefficient (Wildman–Crippen LogP) is 3.70. The summed E-state index contributed by atoms with van der Waals surface area (Å²) >= 11 is 0.